The Kier molecular flexibility index (Phi) is 4.30. The second kappa shape index (κ2) is 5.95. The van der Waals surface area contributed by atoms with Gasteiger partial charge in [-0.05, 0) is 41.0 Å². The summed E-state index contributed by atoms with van der Waals surface area (Å²) in [4.78, 5) is 11.6. The maximum absolute atomic E-state index is 11.6. The predicted octanol–water partition coefficient (Wildman–Crippen LogP) is 2.48. The molecule has 2 aromatic rings. The van der Waals surface area contributed by atoms with Crippen LogP contribution in [0.25, 0.3) is 0 Å². The van der Waals surface area contributed by atoms with Crippen LogP contribution in [0.3, 0.4) is 0 Å². The quantitative estimate of drug-likeness (QED) is 0.802. The number of aromatic nitrogens is 2. The summed E-state index contributed by atoms with van der Waals surface area (Å²) in [5.74, 6) is 0. The maximum atomic E-state index is 11.6. The normalized spacial score (nSPS) is 10.4. The second-order valence-corrected chi connectivity index (χ2v) is 5.07. The zero-order valence-corrected chi connectivity index (χ0v) is 11.5. The Bertz CT molecular complexity index is 537. The van der Waals surface area contributed by atoms with E-state index in [1.54, 1.807) is 12.3 Å². The molecule has 0 fully saturated rings. The van der Waals surface area contributed by atoms with Crippen molar-refractivity contribution in [2.75, 3.05) is 0 Å². The standard InChI is InChI=1S/C13H13IN2O/c14-12-9-13(17)16(15-10-12)8-4-7-11-5-2-1-3-6-11/h1-3,5-6,9-10H,4,7-8H2. The summed E-state index contributed by atoms with van der Waals surface area (Å²) >= 11 is 2.09. The maximum Gasteiger partial charge on any atom is 0.267 e. The average Bonchev–Trinajstić information content (AvgIpc) is 2.33. The molecule has 0 atom stereocenters. The molecule has 0 aliphatic heterocycles. The Morgan fingerprint density at radius 1 is 1.24 bits per heavy atom. The van der Waals surface area contributed by atoms with Gasteiger partial charge in [-0.3, -0.25) is 4.79 Å². The molecule has 0 bridgehead atoms. The second-order valence-electron chi connectivity index (χ2n) is 3.82. The van der Waals surface area contributed by atoms with Gasteiger partial charge in [0.15, 0.2) is 0 Å². The van der Waals surface area contributed by atoms with E-state index in [1.165, 1.54) is 10.2 Å². The van der Waals surface area contributed by atoms with Crippen molar-refractivity contribution in [3.8, 4) is 0 Å². The van der Waals surface area contributed by atoms with E-state index >= 15 is 0 Å². The minimum Gasteiger partial charge on any atom is -0.268 e. The fourth-order valence-electron chi connectivity index (χ4n) is 1.66. The first kappa shape index (κ1) is 12.3. The van der Waals surface area contributed by atoms with Crippen LogP contribution in [-0.4, -0.2) is 9.78 Å². The molecule has 4 heteroatoms. The van der Waals surface area contributed by atoms with Gasteiger partial charge in [0.25, 0.3) is 5.56 Å². The highest BCUT2D eigenvalue weighted by Gasteiger charge is 1.98. The first-order valence-corrected chi connectivity index (χ1v) is 6.60. The lowest BCUT2D eigenvalue weighted by molar-refractivity contribution is 0.547. The number of halogens is 1. The topological polar surface area (TPSA) is 34.9 Å². The van der Waals surface area contributed by atoms with Crippen LogP contribution in [0.1, 0.15) is 12.0 Å². The van der Waals surface area contributed by atoms with Crippen LogP contribution in [0.2, 0.25) is 0 Å². The Morgan fingerprint density at radius 3 is 2.71 bits per heavy atom. The van der Waals surface area contributed by atoms with Crippen molar-refractivity contribution < 1.29 is 0 Å². The molecule has 0 aliphatic carbocycles. The third-order valence-corrected chi connectivity index (χ3v) is 3.10. The van der Waals surface area contributed by atoms with Gasteiger partial charge < -0.3 is 0 Å². The molecule has 0 unspecified atom stereocenters. The van der Waals surface area contributed by atoms with Crippen LogP contribution in [0.5, 0.6) is 0 Å². The molecule has 0 radical (unpaired) electrons. The highest BCUT2D eigenvalue weighted by molar-refractivity contribution is 14.1. The molecule has 1 aromatic heterocycles. The molecule has 3 nitrogen and oxygen atoms in total. The van der Waals surface area contributed by atoms with Gasteiger partial charge >= 0.3 is 0 Å². The number of hydrogen-bond donors (Lipinski definition) is 0. The summed E-state index contributed by atoms with van der Waals surface area (Å²) in [6, 6.07) is 11.9. The molecule has 2 rings (SSSR count). The third-order valence-electron chi connectivity index (χ3n) is 2.51. The first-order valence-electron chi connectivity index (χ1n) is 5.52. The molecular formula is C13H13IN2O. The largest absolute Gasteiger partial charge is 0.268 e. The molecule has 1 aromatic carbocycles. The Hall–Kier alpha value is -1.17. The lowest BCUT2D eigenvalue weighted by atomic mass is 10.1. The minimum absolute atomic E-state index is 0.0232. The van der Waals surface area contributed by atoms with E-state index in [9.17, 15) is 4.79 Å². The predicted molar refractivity (Wildman–Crippen MR) is 76.0 cm³/mol. The molecule has 0 N–H and O–H groups in total. The molecule has 0 spiro atoms. The van der Waals surface area contributed by atoms with Gasteiger partial charge in [-0.2, -0.15) is 5.10 Å². The summed E-state index contributed by atoms with van der Waals surface area (Å²) in [7, 11) is 0. The summed E-state index contributed by atoms with van der Waals surface area (Å²) in [5, 5.41) is 4.11. The molecule has 0 saturated carbocycles. The summed E-state index contributed by atoms with van der Waals surface area (Å²) in [6.07, 6.45) is 3.61. The molecule has 0 amide bonds. The van der Waals surface area contributed by atoms with E-state index in [2.05, 4.69) is 39.8 Å². The Balaban J connectivity index is 1.93. The van der Waals surface area contributed by atoms with E-state index in [-0.39, 0.29) is 5.56 Å². The van der Waals surface area contributed by atoms with Crippen LogP contribution in [-0.2, 0) is 13.0 Å². The number of rotatable bonds is 4. The van der Waals surface area contributed by atoms with Gasteiger partial charge in [0.05, 0.1) is 6.20 Å². The summed E-state index contributed by atoms with van der Waals surface area (Å²) in [5.41, 5.74) is 1.27. The lowest BCUT2D eigenvalue weighted by Crippen LogP contribution is -2.22. The lowest BCUT2D eigenvalue weighted by Gasteiger charge is -2.04. The monoisotopic (exact) mass is 340 g/mol. The highest BCUT2D eigenvalue weighted by Crippen LogP contribution is 2.03. The van der Waals surface area contributed by atoms with Crippen molar-refractivity contribution in [1.29, 1.82) is 0 Å². The number of aryl methyl sites for hydroxylation is 2. The third kappa shape index (κ3) is 3.66. The molecule has 17 heavy (non-hydrogen) atoms. The van der Waals surface area contributed by atoms with Gasteiger partial charge in [-0.1, -0.05) is 30.3 Å². The molecule has 88 valence electrons. The fraction of sp³-hybridized carbons (Fsp3) is 0.231. The van der Waals surface area contributed by atoms with Crippen molar-refractivity contribution >= 4 is 22.6 Å². The number of nitrogens with zero attached hydrogens (tertiary/aromatic N) is 2. The first-order chi connectivity index (χ1) is 8.25. The van der Waals surface area contributed by atoms with Gasteiger partial charge in [0.1, 0.15) is 0 Å². The van der Waals surface area contributed by atoms with Crippen LogP contribution < -0.4 is 5.56 Å². The van der Waals surface area contributed by atoms with E-state index in [0.29, 0.717) is 6.54 Å². The van der Waals surface area contributed by atoms with Crippen molar-refractivity contribution in [2.45, 2.75) is 19.4 Å². The van der Waals surface area contributed by atoms with E-state index in [0.717, 1.165) is 16.4 Å². The Morgan fingerprint density at radius 2 is 2.00 bits per heavy atom. The molecule has 0 aliphatic rings. The smallest absolute Gasteiger partial charge is 0.267 e. The zero-order chi connectivity index (χ0) is 12.1. The van der Waals surface area contributed by atoms with Crippen molar-refractivity contribution in [3.63, 3.8) is 0 Å². The number of benzene rings is 1. The van der Waals surface area contributed by atoms with Crippen LogP contribution in [0, 0.1) is 3.57 Å². The van der Waals surface area contributed by atoms with E-state index in [1.807, 2.05) is 18.2 Å². The van der Waals surface area contributed by atoms with Crippen LogP contribution >= 0.6 is 22.6 Å². The molecule has 0 saturated heterocycles. The van der Waals surface area contributed by atoms with E-state index in [4.69, 9.17) is 0 Å². The SMILES string of the molecule is O=c1cc(I)cnn1CCCc1ccccc1. The van der Waals surface area contributed by atoms with Crippen LogP contribution in [0.15, 0.2) is 47.4 Å². The van der Waals surface area contributed by atoms with Crippen molar-refractivity contribution in [1.82, 2.24) is 9.78 Å². The number of hydrogen-bond acceptors (Lipinski definition) is 2. The fourth-order valence-corrected chi connectivity index (χ4v) is 2.05. The van der Waals surface area contributed by atoms with E-state index < -0.39 is 0 Å². The summed E-state index contributed by atoms with van der Waals surface area (Å²) in [6.45, 7) is 0.671. The van der Waals surface area contributed by atoms with Crippen molar-refractivity contribution in [3.05, 3.63) is 62.1 Å². The van der Waals surface area contributed by atoms with Gasteiger partial charge in [-0.25, -0.2) is 4.68 Å². The highest BCUT2D eigenvalue weighted by atomic mass is 127. The Labute approximate surface area is 114 Å². The van der Waals surface area contributed by atoms with Gasteiger partial charge in [0, 0.05) is 16.2 Å². The van der Waals surface area contributed by atoms with Gasteiger partial charge in [-0.15, -0.1) is 0 Å². The van der Waals surface area contributed by atoms with Crippen molar-refractivity contribution in [2.24, 2.45) is 0 Å². The molecular weight excluding hydrogens is 327 g/mol. The zero-order valence-electron chi connectivity index (χ0n) is 9.34. The minimum atomic E-state index is -0.0232. The molecule has 1 heterocycles. The average molecular weight is 340 g/mol. The van der Waals surface area contributed by atoms with Gasteiger partial charge in [0.2, 0.25) is 0 Å². The van der Waals surface area contributed by atoms with Crippen LogP contribution in [0.4, 0.5) is 0 Å². The summed E-state index contributed by atoms with van der Waals surface area (Å²) < 4.78 is 2.40.